The molecule has 0 rings (SSSR count). The summed E-state index contributed by atoms with van der Waals surface area (Å²) >= 11 is 0. The van der Waals surface area contributed by atoms with Crippen molar-refractivity contribution in [3.8, 4) is 0 Å². The van der Waals surface area contributed by atoms with Gasteiger partial charge < -0.3 is 14.9 Å². The molecule has 0 saturated carbocycles. The monoisotopic (exact) mass is 451 g/mol. The minimum absolute atomic E-state index is 0. The molecule has 0 fully saturated rings. The summed E-state index contributed by atoms with van der Waals surface area (Å²) in [5, 5.41) is 19.0. The summed E-state index contributed by atoms with van der Waals surface area (Å²) in [7, 11) is 0. The number of hydrogen-bond donors (Lipinski definition) is 2. The van der Waals surface area contributed by atoms with E-state index in [0.717, 1.165) is 33.1 Å². The van der Waals surface area contributed by atoms with E-state index in [2.05, 4.69) is 11.7 Å². The van der Waals surface area contributed by atoms with Crippen LogP contribution in [-0.2, 0) is 19.1 Å². The van der Waals surface area contributed by atoms with E-state index in [-0.39, 0.29) is 36.0 Å². The first-order valence-corrected chi connectivity index (χ1v) is 11.9. The molecule has 2 N–H and O–H groups in total. The van der Waals surface area contributed by atoms with Gasteiger partial charge in [-0.2, -0.15) is 0 Å². The molecule has 7 heteroatoms. The van der Waals surface area contributed by atoms with Gasteiger partial charge >= 0.3 is 11.9 Å². The number of carbonyl (C=O) groups excluding carboxylic acids is 3. The predicted octanol–water partition coefficient (Wildman–Crippen LogP) is 4.64. The maximum Gasteiger partial charge on any atom is 0.353 e. The number of ether oxygens (including phenoxy) is 1. The van der Waals surface area contributed by atoms with Gasteiger partial charge in [0.25, 0.3) is 0 Å². The zero-order chi connectivity index (χ0) is 22.8. The van der Waals surface area contributed by atoms with Crippen molar-refractivity contribution in [2.45, 2.75) is 135 Å². The van der Waals surface area contributed by atoms with Crippen LogP contribution < -0.4 is 0 Å². The SMILES string of the molecule is CCCCCCCCCCCCCCCCCC(=O)OC(=O)C(C)(O)C(=O)C(C)O.[Na]. The Balaban J connectivity index is 0. The summed E-state index contributed by atoms with van der Waals surface area (Å²) < 4.78 is 4.55. The van der Waals surface area contributed by atoms with Crippen LogP contribution in [0.5, 0.6) is 0 Å². The van der Waals surface area contributed by atoms with Crippen LogP contribution >= 0.6 is 0 Å². The van der Waals surface area contributed by atoms with E-state index < -0.39 is 29.4 Å². The van der Waals surface area contributed by atoms with Crippen molar-refractivity contribution in [1.82, 2.24) is 0 Å². The third-order valence-corrected chi connectivity index (χ3v) is 5.45. The zero-order valence-electron chi connectivity index (χ0n) is 20.4. The minimum Gasteiger partial charge on any atom is -0.391 e. The quantitative estimate of drug-likeness (QED) is 0.128. The van der Waals surface area contributed by atoms with Crippen molar-refractivity contribution < 1.29 is 29.3 Å². The Morgan fingerprint density at radius 2 is 1.13 bits per heavy atom. The van der Waals surface area contributed by atoms with Crippen LogP contribution in [0.2, 0.25) is 0 Å². The van der Waals surface area contributed by atoms with Gasteiger partial charge in [0.1, 0.15) is 6.10 Å². The molecule has 177 valence electrons. The largest absolute Gasteiger partial charge is 0.391 e. The van der Waals surface area contributed by atoms with Gasteiger partial charge in [0.05, 0.1) is 0 Å². The topological polar surface area (TPSA) is 101 Å². The third kappa shape index (κ3) is 16.9. The van der Waals surface area contributed by atoms with E-state index in [9.17, 15) is 24.6 Å². The van der Waals surface area contributed by atoms with Gasteiger partial charge in [-0.05, 0) is 20.3 Å². The van der Waals surface area contributed by atoms with E-state index in [1.807, 2.05) is 0 Å². The van der Waals surface area contributed by atoms with E-state index in [1.165, 1.54) is 70.6 Å². The molecule has 31 heavy (non-hydrogen) atoms. The van der Waals surface area contributed by atoms with Crippen molar-refractivity contribution in [3.63, 3.8) is 0 Å². The molecule has 0 saturated heterocycles. The maximum atomic E-state index is 11.8. The zero-order valence-corrected chi connectivity index (χ0v) is 22.4. The van der Waals surface area contributed by atoms with E-state index in [1.54, 1.807) is 0 Å². The summed E-state index contributed by atoms with van der Waals surface area (Å²) in [5.41, 5.74) is -2.52. The Kier molecular flexibility index (Phi) is 21.6. The first kappa shape index (κ1) is 32.9. The fourth-order valence-electron chi connectivity index (χ4n) is 3.40. The number of rotatable bonds is 19. The number of Topliss-reactive ketones (excluding diaryl/α,β-unsaturated/α-hetero) is 1. The average Bonchev–Trinajstić information content (AvgIpc) is 2.70. The fourth-order valence-corrected chi connectivity index (χ4v) is 3.40. The van der Waals surface area contributed by atoms with Gasteiger partial charge in [0.2, 0.25) is 11.4 Å². The molecular formula is C24H44NaO6. The minimum atomic E-state index is -2.52. The molecule has 0 aromatic rings. The molecule has 0 heterocycles. The van der Waals surface area contributed by atoms with Crippen LogP contribution in [0.1, 0.15) is 124 Å². The molecule has 0 spiro atoms. The fraction of sp³-hybridized carbons (Fsp3) is 0.875. The summed E-state index contributed by atoms with van der Waals surface area (Å²) in [6, 6.07) is 0. The van der Waals surface area contributed by atoms with Gasteiger partial charge in [-0.1, -0.05) is 96.8 Å². The number of esters is 2. The van der Waals surface area contributed by atoms with Crippen molar-refractivity contribution in [1.29, 1.82) is 0 Å². The summed E-state index contributed by atoms with van der Waals surface area (Å²) in [6.45, 7) is 4.31. The van der Waals surface area contributed by atoms with Crippen molar-refractivity contribution in [3.05, 3.63) is 0 Å². The molecule has 0 aromatic carbocycles. The molecule has 0 aliphatic heterocycles. The van der Waals surface area contributed by atoms with Crippen molar-refractivity contribution >= 4 is 47.3 Å². The van der Waals surface area contributed by atoms with E-state index >= 15 is 0 Å². The second-order valence-corrected chi connectivity index (χ2v) is 8.57. The average molecular weight is 452 g/mol. The Bertz CT molecular complexity index is 490. The Hall–Kier alpha value is -0.270. The van der Waals surface area contributed by atoms with Crippen LogP contribution in [0.4, 0.5) is 0 Å². The van der Waals surface area contributed by atoms with Crippen LogP contribution in [0.15, 0.2) is 0 Å². The van der Waals surface area contributed by atoms with Gasteiger partial charge in [-0.3, -0.25) is 9.59 Å². The number of hydrogen-bond acceptors (Lipinski definition) is 6. The molecule has 6 nitrogen and oxygen atoms in total. The van der Waals surface area contributed by atoms with Crippen LogP contribution in [-0.4, -0.2) is 69.2 Å². The first-order valence-electron chi connectivity index (χ1n) is 11.9. The smallest absolute Gasteiger partial charge is 0.353 e. The number of unbranched alkanes of at least 4 members (excludes halogenated alkanes) is 14. The van der Waals surface area contributed by atoms with Gasteiger partial charge in [-0.25, -0.2) is 4.79 Å². The number of aliphatic hydroxyl groups is 2. The molecule has 0 aromatic heterocycles. The Morgan fingerprint density at radius 3 is 1.48 bits per heavy atom. The molecule has 2 atom stereocenters. The van der Waals surface area contributed by atoms with Crippen LogP contribution in [0.3, 0.4) is 0 Å². The van der Waals surface area contributed by atoms with E-state index in [4.69, 9.17) is 0 Å². The van der Waals surface area contributed by atoms with Gasteiger partial charge in [0, 0.05) is 36.0 Å². The number of ketones is 1. The molecule has 0 amide bonds. The number of aliphatic hydroxyl groups excluding tert-OH is 1. The molecular weight excluding hydrogens is 407 g/mol. The van der Waals surface area contributed by atoms with Gasteiger partial charge in [0.15, 0.2) is 0 Å². The third-order valence-electron chi connectivity index (χ3n) is 5.45. The van der Waals surface area contributed by atoms with E-state index in [0.29, 0.717) is 6.42 Å². The summed E-state index contributed by atoms with van der Waals surface area (Å²) in [4.78, 5) is 35.0. The second-order valence-electron chi connectivity index (χ2n) is 8.57. The normalized spacial score (nSPS) is 13.7. The first-order chi connectivity index (χ1) is 14.2. The standard InChI is InChI=1S/C24H44O6.Na/c1-4-5-6-7-8-9-10-11-12-13-14-15-16-17-18-19-21(26)30-23(28)24(3,29)22(27)20(2)25;/h20,25,29H,4-19H2,1-3H3;. The Morgan fingerprint density at radius 1 is 0.774 bits per heavy atom. The molecule has 2 unspecified atom stereocenters. The maximum absolute atomic E-state index is 11.8. The predicted molar refractivity (Wildman–Crippen MR) is 124 cm³/mol. The van der Waals surface area contributed by atoms with Crippen LogP contribution in [0, 0.1) is 0 Å². The van der Waals surface area contributed by atoms with Gasteiger partial charge in [-0.15, -0.1) is 0 Å². The molecule has 0 aliphatic rings. The molecule has 0 bridgehead atoms. The van der Waals surface area contributed by atoms with Crippen molar-refractivity contribution in [2.75, 3.05) is 0 Å². The summed E-state index contributed by atoms with van der Waals surface area (Å²) in [5.74, 6) is -3.18. The second kappa shape index (κ2) is 20.3. The number of carbonyl (C=O) groups is 3. The molecule has 1 radical (unpaired) electrons. The van der Waals surface area contributed by atoms with Crippen LogP contribution in [0.25, 0.3) is 0 Å². The van der Waals surface area contributed by atoms with Crippen molar-refractivity contribution in [2.24, 2.45) is 0 Å². The molecule has 0 aliphatic carbocycles. The Labute approximate surface area is 211 Å². The summed E-state index contributed by atoms with van der Waals surface area (Å²) in [6.07, 6.45) is 16.9.